The first-order valence-electron chi connectivity index (χ1n) is 10.4. The van der Waals surface area contributed by atoms with Gasteiger partial charge in [0.1, 0.15) is 5.75 Å². The molecule has 0 unspecified atom stereocenters. The van der Waals surface area contributed by atoms with Gasteiger partial charge in [-0.05, 0) is 47.7 Å². The number of hydrogen-bond donors (Lipinski definition) is 1. The molecule has 6 nitrogen and oxygen atoms in total. The molecule has 0 saturated carbocycles. The number of nitrogens with zero attached hydrogens (tertiary/aromatic N) is 3. The molecule has 1 amide bonds. The molecule has 0 atom stereocenters. The Kier molecular flexibility index (Phi) is 7.85. The Morgan fingerprint density at radius 3 is 2.69 bits per heavy atom. The van der Waals surface area contributed by atoms with Gasteiger partial charge in [0, 0.05) is 17.2 Å². The molecule has 0 aliphatic rings. The molecule has 0 spiro atoms. The summed E-state index contributed by atoms with van der Waals surface area (Å²) < 4.78 is 7.30. The number of carbonyl (C=O) groups excluding carboxylic acids is 1. The minimum absolute atomic E-state index is 0.0135. The first-order chi connectivity index (χ1) is 15.2. The molecule has 1 heterocycles. The standard InChI is InChI=1S/C24H29ClN4O2S/c1-16-9-10-18(25)12-20(16)29-21(14-26-22(30)13-24(2,3)4)27-28-23(29)32-15-17-7-6-8-19(11-17)31-5/h6-12H,13-15H2,1-5H3,(H,26,30). The first kappa shape index (κ1) is 24.1. The molecule has 2 aromatic carbocycles. The fourth-order valence-corrected chi connectivity index (χ4v) is 4.28. The number of thioether (sulfide) groups is 1. The van der Waals surface area contributed by atoms with Crippen LogP contribution in [0.1, 0.15) is 44.1 Å². The molecule has 0 aliphatic heterocycles. The van der Waals surface area contributed by atoms with Crippen LogP contribution in [-0.2, 0) is 17.1 Å². The van der Waals surface area contributed by atoms with E-state index in [2.05, 4.69) is 21.6 Å². The average Bonchev–Trinajstić information content (AvgIpc) is 3.14. The second kappa shape index (κ2) is 10.4. The highest BCUT2D eigenvalue weighted by Crippen LogP contribution is 2.29. The lowest BCUT2D eigenvalue weighted by Crippen LogP contribution is -2.28. The van der Waals surface area contributed by atoms with Crippen molar-refractivity contribution < 1.29 is 9.53 Å². The Morgan fingerprint density at radius 1 is 1.19 bits per heavy atom. The molecule has 1 aromatic heterocycles. The van der Waals surface area contributed by atoms with Gasteiger partial charge < -0.3 is 10.1 Å². The van der Waals surface area contributed by atoms with Crippen molar-refractivity contribution in [3.8, 4) is 11.4 Å². The maximum atomic E-state index is 12.4. The molecule has 3 aromatic rings. The van der Waals surface area contributed by atoms with Gasteiger partial charge in [-0.1, -0.05) is 62.3 Å². The third-order valence-corrected chi connectivity index (χ3v) is 5.98. The van der Waals surface area contributed by atoms with E-state index < -0.39 is 0 Å². The highest BCUT2D eigenvalue weighted by atomic mass is 35.5. The monoisotopic (exact) mass is 472 g/mol. The lowest BCUT2D eigenvalue weighted by atomic mass is 9.92. The minimum Gasteiger partial charge on any atom is -0.497 e. The van der Waals surface area contributed by atoms with Crippen LogP contribution < -0.4 is 10.1 Å². The Balaban J connectivity index is 1.88. The molecule has 8 heteroatoms. The van der Waals surface area contributed by atoms with Gasteiger partial charge in [-0.25, -0.2) is 0 Å². The maximum Gasteiger partial charge on any atom is 0.220 e. The SMILES string of the molecule is COc1cccc(CSc2nnc(CNC(=O)CC(C)(C)C)n2-c2cc(Cl)ccc2C)c1. The number of methoxy groups -OCH3 is 1. The molecular formula is C24H29ClN4O2S. The Labute approximate surface area is 198 Å². The van der Waals surface area contributed by atoms with E-state index in [0.717, 1.165) is 27.7 Å². The third kappa shape index (κ3) is 6.50. The van der Waals surface area contributed by atoms with Gasteiger partial charge in [-0.2, -0.15) is 0 Å². The summed E-state index contributed by atoms with van der Waals surface area (Å²) in [6, 6.07) is 13.7. The van der Waals surface area contributed by atoms with E-state index in [-0.39, 0.29) is 17.9 Å². The third-order valence-electron chi connectivity index (χ3n) is 4.75. The first-order valence-corrected chi connectivity index (χ1v) is 11.8. The summed E-state index contributed by atoms with van der Waals surface area (Å²) in [5.41, 5.74) is 2.97. The number of nitrogens with one attached hydrogen (secondary N) is 1. The number of amides is 1. The van der Waals surface area contributed by atoms with E-state index in [1.807, 2.05) is 68.7 Å². The van der Waals surface area contributed by atoms with Gasteiger partial charge in [0.15, 0.2) is 11.0 Å². The summed E-state index contributed by atoms with van der Waals surface area (Å²) in [5.74, 6) is 2.16. The number of benzene rings is 2. The van der Waals surface area contributed by atoms with E-state index in [0.29, 0.717) is 23.0 Å². The number of aromatic nitrogens is 3. The maximum absolute atomic E-state index is 12.4. The van der Waals surface area contributed by atoms with Crippen molar-refractivity contribution in [3.05, 3.63) is 64.4 Å². The summed E-state index contributed by atoms with van der Waals surface area (Å²) in [7, 11) is 1.66. The van der Waals surface area contributed by atoms with E-state index in [1.165, 1.54) is 0 Å². The summed E-state index contributed by atoms with van der Waals surface area (Å²) in [5, 5.41) is 13.2. The second-order valence-corrected chi connectivity index (χ2v) is 10.2. The van der Waals surface area contributed by atoms with Crippen molar-refractivity contribution in [1.29, 1.82) is 0 Å². The summed E-state index contributed by atoms with van der Waals surface area (Å²) in [4.78, 5) is 12.4. The van der Waals surface area contributed by atoms with Crippen LogP contribution in [0.5, 0.6) is 5.75 Å². The van der Waals surface area contributed by atoms with Crippen LogP contribution in [0.4, 0.5) is 0 Å². The second-order valence-electron chi connectivity index (χ2n) is 8.82. The Morgan fingerprint density at radius 2 is 1.97 bits per heavy atom. The van der Waals surface area contributed by atoms with Crippen molar-refractivity contribution in [3.63, 3.8) is 0 Å². The van der Waals surface area contributed by atoms with Crippen LogP contribution in [0, 0.1) is 12.3 Å². The van der Waals surface area contributed by atoms with E-state index in [1.54, 1.807) is 18.9 Å². The predicted octanol–water partition coefficient (Wildman–Crippen LogP) is 5.58. The number of rotatable bonds is 8. The zero-order valence-electron chi connectivity index (χ0n) is 19.1. The van der Waals surface area contributed by atoms with Gasteiger partial charge in [-0.3, -0.25) is 9.36 Å². The Bertz CT molecular complexity index is 1090. The van der Waals surface area contributed by atoms with Gasteiger partial charge in [0.25, 0.3) is 0 Å². The molecular weight excluding hydrogens is 444 g/mol. The average molecular weight is 473 g/mol. The van der Waals surface area contributed by atoms with Crippen LogP contribution in [0.3, 0.4) is 0 Å². The molecule has 1 N–H and O–H groups in total. The van der Waals surface area contributed by atoms with E-state index >= 15 is 0 Å². The normalized spacial score (nSPS) is 11.4. The molecule has 0 fully saturated rings. The lowest BCUT2D eigenvalue weighted by Gasteiger charge is -2.18. The molecule has 0 bridgehead atoms. The minimum atomic E-state index is -0.0843. The molecule has 0 saturated heterocycles. The van der Waals surface area contributed by atoms with Gasteiger partial charge >= 0.3 is 0 Å². The molecule has 32 heavy (non-hydrogen) atoms. The fraction of sp³-hybridized carbons (Fsp3) is 0.375. The Hall–Kier alpha value is -2.51. The van der Waals surface area contributed by atoms with Crippen LogP contribution in [0.25, 0.3) is 5.69 Å². The number of ether oxygens (including phenoxy) is 1. The molecule has 0 aliphatic carbocycles. The zero-order valence-corrected chi connectivity index (χ0v) is 20.7. The summed E-state index contributed by atoms with van der Waals surface area (Å²) >= 11 is 7.87. The molecule has 0 radical (unpaired) electrons. The van der Waals surface area contributed by atoms with Crippen molar-refractivity contribution >= 4 is 29.3 Å². The molecule has 3 rings (SSSR count). The number of halogens is 1. The van der Waals surface area contributed by atoms with Crippen molar-refractivity contribution in [2.75, 3.05) is 7.11 Å². The fourth-order valence-electron chi connectivity index (χ4n) is 3.21. The van der Waals surface area contributed by atoms with Crippen molar-refractivity contribution in [2.45, 2.75) is 51.6 Å². The van der Waals surface area contributed by atoms with Crippen LogP contribution >= 0.6 is 23.4 Å². The summed E-state index contributed by atoms with van der Waals surface area (Å²) in [6.45, 7) is 8.42. The van der Waals surface area contributed by atoms with E-state index in [4.69, 9.17) is 16.3 Å². The van der Waals surface area contributed by atoms with Gasteiger partial charge in [-0.15, -0.1) is 10.2 Å². The van der Waals surface area contributed by atoms with Gasteiger partial charge in [0.05, 0.1) is 19.3 Å². The lowest BCUT2D eigenvalue weighted by molar-refractivity contribution is -0.123. The van der Waals surface area contributed by atoms with Gasteiger partial charge in [0.2, 0.25) is 5.91 Å². The van der Waals surface area contributed by atoms with Crippen molar-refractivity contribution in [2.24, 2.45) is 5.41 Å². The summed E-state index contributed by atoms with van der Waals surface area (Å²) in [6.07, 6.45) is 0.439. The predicted molar refractivity (Wildman–Crippen MR) is 130 cm³/mol. The quantitative estimate of drug-likeness (QED) is 0.433. The topological polar surface area (TPSA) is 69.0 Å². The zero-order chi connectivity index (χ0) is 23.3. The highest BCUT2D eigenvalue weighted by molar-refractivity contribution is 7.98. The van der Waals surface area contributed by atoms with E-state index in [9.17, 15) is 4.79 Å². The number of hydrogen-bond acceptors (Lipinski definition) is 5. The van der Waals surface area contributed by atoms with Crippen LogP contribution in [-0.4, -0.2) is 27.8 Å². The highest BCUT2D eigenvalue weighted by Gasteiger charge is 2.19. The smallest absolute Gasteiger partial charge is 0.220 e. The number of aryl methyl sites for hydroxylation is 1. The number of carbonyl (C=O) groups is 1. The largest absolute Gasteiger partial charge is 0.497 e. The molecule has 170 valence electrons. The van der Waals surface area contributed by atoms with Crippen LogP contribution in [0.2, 0.25) is 5.02 Å². The van der Waals surface area contributed by atoms with Crippen LogP contribution in [0.15, 0.2) is 47.6 Å². The van der Waals surface area contributed by atoms with Crippen molar-refractivity contribution in [1.82, 2.24) is 20.1 Å².